The first-order valence-electron chi connectivity index (χ1n) is 5.97. The van der Waals surface area contributed by atoms with Crippen molar-refractivity contribution in [1.29, 1.82) is 0 Å². The van der Waals surface area contributed by atoms with E-state index in [1.54, 1.807) is 21.0 Å². The molecule has 19 heavy (non-hydrogen) atoms. The minimum absolute atomic E-state index is 0.213. The molecule has 8 heteroatoms. The van der Waals surface area contributed by atoms with Gasteiger partial charge in [0, 0.05) is 27.2 Å². The highest BCUT2D eigenvalue weighted by molar-refractivity contribution is 5.85. The summed E-state index contributed by atoms with van der Waals surface area (Å²) in [6, 6.07) is -0.836. The van der Waals surface area contributed by atoms with Gasteiger partial charge < -0.3 is 26.0 Å². The van der Waals surface area contributed by atoms with E-state index in [1.165, 1.54) is 11.8 Å². The van der Waals surface area contributed by atoms with E-state index in [9.17, 15) is 14.4 Å². The van der Waals surface area contributed by atoms with Crippen LogP contribution in [0.1, 0.15) is 20.3 Å². The van der Waals surface area contributed by atoms with Gasteiger partial charge in [-0.25, -0.2) is 14.4 Å². The van der Waals surface area contributed by atoms with Crippen LogP contribution in [-0.2, 0) is 4.79 Å². The van der Waals surface area contributed by atoms with Crippen LogP contribution in [-0.4, -0.2) is 60.8 Å². The highest BCUT2D eigenvalue weighted by Gasteiger charge is 2.32. The van der Waals surface area contributed by atoms with E-state index >= 15 is 0 Å². The summed E-state index contributed by atoms with van der Waals surface area (Å²) in [4.78, 5) is 35.0. The Kier molecular flexibility index (Phi) is 6.67. The molecular weight excluding hydrogens is 252 g/mol. The Morgan fingerprint density at radius 1 is 1.16 bits per heavy atom. The first-order chi connectivity index (χ1) is 8.73. The number of nitrogens with one attached hydrogen (secondary N) is 3. The second-order valence-electron chi connectivity index (χ2n) is 4.50. The predicted octanol–water partition coefficient (Wildman–Crippen LogP) is -0.190. The number of carbonyl (C=O) groups is 3. The maximum atomic E-state index is 11.5. The van der Waals surface area contributed by atoms with Crippen molar-refractivity contribution in [2.24, 2.45) is 0 Å². The summed E-state index contributed by atoms with van der Waals surface area (Å²) in [6.07, 6.45) is 0.271. The van der Waals surface area contributed by atoms with Crippen molar-refractivity contribution >= 4 is 18.0 Å². The molecule has 0 saturated carbocycles. The van der Waals surface area contributed by atoms with Crippen molar-refractivity contribution in [1.82, 2.24) is 20.9 Å². The lowest BCUT2D eigenvalue weighted by molar-refractivity contribution is -0.143. The third-order valence-corrected chi connectivity index (χ3v) is 2.66. The normalized spacial score (nSPS) is 13.1. The molecule has 0 spiro atoms. The van der Waals surface area contributed by atoms with Crippen LogP contribution in [0.15, 0.2) is 0 Å². The standard InChI is InChI=1S/C11H22N4O4/c1-5-11(2,8(16)17)14-9(18)12-6-7-13-10(19)15(3)4/h5-7H2,1-4H3,(H,13,19)(H,16,17)(H2,12,14,18). The molecule has 110 valence electrons. The minimum atomic E-state index is -1.29. The Morgan fingerprint density at radius 2 is 1.68 bits per heavy atom. The Labute approximate surface area is 112 Å². The van der Waals surface area contributed by atoms with Gasteiger partial charge in [0.15, 0.2) is 0 Å². The maximum absolute atomic E-state index is 11.5. The average molecular weight is 274 g/mol. The van der Waals surface area contributed by atoms with Crippen LogP contribution < -0.4 is 16.0 Å². The molecule has 8 nitrogen and oxygen atoms in total. The number of carboxylic acids is 1. The zero-order valence-electron chi connectivity index (χ0n) is 11.7. The average Bonchev–Trinajstić information content (AvgIpc) is 2.33. The molecule has 0 aliphatic carbocycles. The van der Waals surface area contributed by atoms with Gasteiger partial charge >= 0.3 is 18.0 Å². The van der Waals surface area contributed by atoms with E-state index in [0.29, 0.717) is 0 Å². The van der Waals surface area contributed by atoms with Gasteiger partial charge in [-0.05, 0) is 13.3 Å². The summed E-state index contributed by atoms with van der Waals surface area (Å²) in [6.45, 7) is 3.58. The van der Waals surface area contributed by atoms with E-state index in [4.69, 9.17) is 5.11 Å². The minimum Gasteiger partial charge on any atom is -0.480 e. The van der Waals surface area contributed by atoms with E-state index in [-0.39, 0.29) is 25.5 Å². The van der Waals surface area contributed by atoms with Crippen LogP contribution in [0.3, 0.4) is 0 Å². The van der Waals surface area contributed by atoms with Crippen molar-refractivity contribution in [2.75, 3.05) is 27.2 Å². The molecule has 0 saturated heterocycles. The lowest BCUT2D eigenvalue weighted by atomic mass is 10.00. The summed E-state index contributed by atoms with van der Waals surface area (Å²) >= 11 is 0. The van der Waals surface area contributed by atoms with Crippen molar-refractivity contribution in [3.05, 3.63) is 0 Å². The summed E-state index contributed by atoms with van der Waals surface area (Å²) in [5, 5.41) is 16.4. The van der Waals surface area contributed by atoms with Gasteiger partial charge in [-0.2, -0.15) is 0 Å². The summed E-state index contributed by atoms with van der Waals surface area (Å²) in [5.41, 5.74) is -1.29. The van der Waals surface area contributed by atoms with E-state index in [0.717, 1.165) is 0 Å². The molecule has 0 radical (unpaired) electrons. The van der Waals surface area contributed by atoms with Crippen LogP contribution in [0.5, 0.6) is 0 Å². The molecule has 1 unspecified atom stereocenters. The van der Waals surface area contributed by atoms with Gasteiger partial charge in [0.1, 0.15) is 5.54 Å². The molecule has 0 heterocycles. The molecule has 4 amide bonds. The van der Waals surface area contributed by atoms with E-state index in [2.05, 4.69) is 16.0 Å². The molecule has 0 aromatic heterocycles. The zero-order valence-corrected chi connectivity index (χ0v) is 11.7. The fraction of sp³-hybridized carbons (Fsp3) is 0.727. The number of carbonyl (C=O) groups excluding carboxylic acids is 2. The van der Waals surface area contributed by atoms with Crippen LogP contribution >= 0.6 is 0 Å². The van der Waals surface area contributed by atoms with Crippen molar-refractivity contribution in [2.45, 2.75) is 25.8 Å². The number of hydrogen-bond donors (Lipinski definition) is 4. The second-order valence-corrected chi connectivity index (χ2v) is 4.50. The van der Waals surface area contributed by atoms with E-state index < -0.39 is 17.5 Å². The number of nitrogens with zero attached hydrogens (tertiary/aromatic N) is 1. The third-order valence-electron chi connectivity index (χ3n) is 2.66. The quantitative estimate of drug-likeness (QED) is 0.503. The molecular formula is C11H22N4O4. The summed E-state index contributed by atoms with van der Waals surface area (Å²) < 4.78 is 0. The van der Waals surface area contributed by atoms with Gasteiger partial charge in [-0.3, -0.25) is 0 Å². The highest BCUT2D eigenvalue weighted by atomic mass is 16.4. The largest absolute Gasteiger partial charge is 0.480 e. The van der Waals surface area contributed by atoms with Crippen molar-refractivity contribution < 1.29 is 19.5 Å². The smallest absolute Gasteiger partial charge is 0.329 e. The molecule has 0 aromatic rings. The van der Waals surface area contributed by atoms with Crippen LogP contribution in [0, 0.1) is 0 Å². The molecule has 0 fully saturated rings. The van der Waals surface area contributed by atoms with Crippen molar-refractivity contribution in [3.8, 4) is 0 Å². The monoisotopic (exact) mass is 274 g/mol. The van der Waals surface area contributed by atoms with Gasteiger partial charge in [-0.1, -0.05) is 6.92 Å². The number of aliphatic carboxylic acids is 1. The summed E-state index contributed by atoms with van der Waals surface area (Å²) in [7, 11) is 3.21. The Balaban J connectivity index is 4.00. The Bertz CT molecular complexity index is 346. The molecule has 4 N–H and O–H groups in total. The number of carboxylic acid groups (broad SMARTS) is 1. The lowest BCUT2D eigenvalue weighted by Crippen LogP contribution is -2.55. The zero-order chi connectivity index (χ0) is 15.1. The van der Waals surface area contributed by atoms with Crippen molar-refractivity contribution in [3.63, 3.8) is 0 Å². The molecule has 0 aliphatic heterocycles. The summed E-state index contributed by atoms with van der Waals surface area (Å²) in [5.74, 6) is -1.09. The topological polar surface area (TPSA) is 111 Å². The van der Waals surface area contributed by atoms with Crippen LogP contribution in [0.25, 0.3) is 0 Å². The fourth-order valence-electron chi connectivity index (χ4n) is 1.09. The van der Waals surface area contributed by atoms with Gasteiger partial charge in [-0.15, -0.1) is 0 Å². The Hall–Kier alpha value is -1.99. The fourth-order valence-corrected chi connectivity index (χ4v) is 1.09. The lowest BCUT2D eigenvalue weighted by Gasteiger charge is -2.24. The number of hydrogen-bond acceptors (Lipinski definition) is 3. The molecule has 1 atom stereocenters. The maximum Gasteiger partial charge on any atom is 0.329 e. The predicted molar refractivity (Wildman–Crippen MR) is 70.0 cm³/mol. The first kappa shape index (κ1) is 17.0. The second kappa shape index (κ2) is 7.45. The van der Waals surface area contributed by atoms with Gasteiger partial charge in [0.05, 0.1) is 0 Å². The highest BCUT2D eigenvalue weighted by Crippen LogP contribution is 2.08. The van der Waals surface area contributed by atoms with Crippen LogP contribution in [0.2, 0.25) is 0 Å². The third kappa shape index (κ3) is 5.94. The molecule has 0 aliphatic rings. The Morgan fingerprint density at radius 3 is 2.11 bits per heavy atom. The number of urea groups is 2. The first-order valence-corrected chi connectivity index (χ1v) is 5.97. The molecule has 0 aromatic carbocycles. The number of amides is 4. The SMILES string of the molecule is CCC(C)(NC(=O)NCCNC(=O)N(C)C)C(=O)O. The van der Waals surface area contributed by atoms with E-state index in [1.807, 2.05) is 0 Å². The number of rotatable bonds is 6. The molecule has 0 bridgehead atoms. The van der Waals surface area contributed by atoms with Crippen LogP contribution in [0.4, 0.5) is 9.59 Å². The van der Waals surface area contributed by atoms with Gasteiger partial charge in [0.2, 0.25) is 0 Å². The molecule has 0 rings (SSSR count). The van der Waals surface area contributed by atoms with Gasteiger partial charge in [0.25, 0.3) is 0 Å².